The first-order valence-corrected chi connectivity index (χ1v) is 10.2. The molecule has 6 rings (SSSR count). The molecule has 0 spiro atoms. The maximum atomic E-state index is 4.61. The molecule has 0 aliphatic rings. The fourth-order valence-corrected chi connectivity index (χ4v) is 4.49. The van der Waals surface area contributed by atoms with Gasteiger partial charge in [0.2, 0.25) is 0 Å². The number of para-hydroxylation sites is 3. The Hall–Kier alpha value is -3.92. The minimum atomic E-state index is -0.0374. The second-order valence-corrected chi connectivity index (χ2v) is 7.60. The second kappa shape index (κ2) is 6.85. The lowest BCUT2D eigenvalue weighted by Crippen LogP contribution is -2.22. The molecule has 4 nitrogen and oxygen atoms in total. The molecular formula is C26H20N4. The molecule has 0 aliphatic heterocycles. The Kier molecular flexibility index (Phi) is 3.88. The van der Waals surface area contributed by atoms with Crippen molar-refractivity contribution in [3.8, 4) is 0 Å². The van der Waals surface area contributed by atoms with Gasteiger partial charge in [0.25, 0.3) is 0 Å². The molecule has 0 radical (unpaired) electrons. The number of aromatic nitrogens is 4. The molecule has 0 fully saturated rings. The minimum Gasteiger partial charge on any atom is -0.317 e. The van der Waals surface area contributed by atoms with E-state index in [4.69, 9.17) is 0 Å². The predicted molar refractivity (Wildman–Crippen MR) is 122 cm³/mol. The first-order valence-electron chi connectivity index (χ1n) is 10.2. The number of benzene rings is 4. The van der Waals surface area contributed by atoms with E-state index in [2.05, 4.69) is 104 Å². The Bertz CT molecular complexity index is 1420. The third-order valence-corrected chi connectivity index (χ3v) is 5.84. The summed E-state index contributed by atoms with van der Waals surface area (Å²) < 4.78 is 4.49. The van der Waals surface area contributed by atoms with Crippen LogP contribution in [0.1, 0.15) is 11.7 Å². The monoisotopic (exact) mass is 388 g/mol. The quantitative estimate of drug-likeness (QED) is 0.381. The molecule has 2 heterocycles. The molecule has 0 bridgehead atoms. The summed E-state index contributed by atoms with van der Waals surface area (Å²) in [5.74, 6) is 0. The Morgan fingerprint density at radius 3 is 1.87 bits per heavy atom. The van der Waals surface area contributed by atoms with Gasteiger partial charge in [-0.15, -0.1) is 5.10 Å². The highest BCUT2D eigenvalue weighted by Crippen LogP contribution is 2.34. The summed E-state index contributed by atoms with van der Waals surface area (Å²) in [6, 6.07) is 36.0. The van der Waals surface area contributed by atoms with Crippen LogP contribution in [0.25, 0.3) is 32.8 Å². The van der Waals surface area contributed by atoms with Gasteiger partial charge in [0.05, 0.1) is 16.6 Å². The number of nitrogens with zero attached hydrogens (tertiary/aromatic N) is 4. The number of rotatable bonds is 4. The lowest BCUT2D eigenvalue weighted by molar-refractivity contribution is 0.411. The van der Waals surface area contributed by atoms with Crippen LogP contribution in [0.15, 0.2) is 103 Å². The summed E-state index contributed by atoms with van der Waals surface area (Å²) in [6.45, 7) is 0. The van der Waals surface area contributed by atoms with E-state index in [1.807, 2.05) is 18.2 Å². The maximum absolute atomic E-state index is 4.61. The van der Waals surface area contributed by atoms with Crippen molar-refractivity contribution in [1.29, 1.82) is 0 Å². The van der Waals surface area contributed by atoms with Crippen LogP contribution in [0.5, 0.6) is 0 Å². The Labute approximate surface area is 174 Å². The van der Waals surface area contributed by atoms with Crippen LogP contribution in [0.4, 0.5) is 0 Å². The summed E-state index contributed by atoms with van der Waals surface area (Å²) in [4.78, 5) is 0. The van der Waals surface area contributed by atoms with E-state index in [0.29, 0.717) is 0 Å². The topological polar surface area (TPSA) is 35.6 Å². The molecule has 4 heteroatoms. The van der Waals surface area contributed by atoms with Crippen molar-refractivity contribution in [2.45, 2.75) is 12.6 Å². The predicted octanol–water partition coefficient (Wildman–Crippen LogP) is 5.83. The highest BCUT2D eigenvalue weighted by Gasteiger charge is 2.22. The summed E-state index contributed by atoms with van der Waals surface area (Å²) in [5.41, 5.74) is 5.64. The van der Waals surface area contributed by atoms with Gasteiger partial charge in [0.15, 0.2) is 0 Å². The zero-order chi connectivity index (χ0) is 19.9. The Balaban J connectivity index is 1.67. The largest absolute Gasteiger partial charge is 0.317 e. The fraction of sp³-hybridized carbons (Fsp3) is 0.0769. The van der Waals surface area contributed by atoms with Crippen molar-refractivity contribution < 1.29 is 0 Å². The van der Waals surface area contributed by atoms with Gasteiger partial charge in [-0.05, 0) is 29.8 Å². The molecule has 2 aromatic heterocycles. The standard InChI is InChI=1S/C26H20N4/c1-2-10-19(11-3-1)18-26(30-25-17-9-6-14-22(25)27-28-30)29-23-15-7-4-12-20(23)21-13-5-8-16-24(21)29/h1-17,26H,18H2. The van der Waals surface area contributed by atoms with E-state index < -0.39 is 0 Å². The van der Waals surface area contributed by atoms with Crippen molar-refractivity contribution in [2.75, 3.05) is 0 Å². The maximum Gasteiger partial charge on any atom is 0.133 e. The van der Waals surface area contributed by atoms with Crippen molar-refractivity contribution in [3.63, 3.8) is 0 Å². The van der Waals surface area contributed by atoms with Crippen molar-refractivity contribution in [3.05, 3.63) is 109 Å². The van der Waals surface area contributed by atoms with Gasteiger partial charge in [-0.3, -0.25) is 0 Å². The van der Waals surface area contributed by atoms with Gasteiger partial charge in [-0.25, -0.2) is 4.68 Å². The van der Waals surface area contributed by atoms with E-state index >= 15 is 0 Å². The molecule has 0 saturated carbocycles. The van der Waals surface area contributed by atoms with Gasteiger partial charge in [-0.2, -0.15) is 0 Å². The smallest absolute Gasteiger partial charge is 0.133 e. The fourth-order valence-electron chi connectivity index (χ4n) is 4.49. The van der Waals surface area contributed by atoms with Crippen LogP contribution < -0.4 is 0 Å². The van der Waals surface area contributed by atoms with Crippen LogP contribution in [-0.4, -0.2) is 19.6 Å². The molecular weight excluding hydrogens is 368 g/mol. The van der Waals surface area contributed by atoms with Gasteiger partial charge < -0.3 is 4.57 Å². The number of hydrogen-bond donors (Lipinski definition) is 0. The highest BCUT2D eigenvalue weighted by atomic mass is 15.5. The van der Waals surface area contributed by atoms with Gasteiger partial charge in [0, 0.05) is 17.2 Å². The molecule has 0 aliphatic carbocycles. The van der Waals surface area contributed by atoms with E-state index in [9.17, 15) is 0 Å². The van der Waals surface area contributed by atoms with Gasteiger partial charge in [0.1, 0.15) is 11.7 Å². The summed E-state index contributed by atoms with van der Waals surface area (Å²) >= 11 is 0. The van der Waals surface area contributed by atoms with Crippen LogP contribution in [0, 0.1) is 0 Å². The molecule has 1 atom stereocenters. The lowest BCUT2D eigenvalue weighted by Gasteiger charge is -2.22. The van der Waals surface area contributed by atoms with Crippen molar-refractivity contribution in [1.82, 2.24) is 19.6 Å². The van der Waals surface area contributed by atoms with Crippen molar-refractivity contribution in [2.24, 2.45) is 0 Å². The third-order valence-electron chi connectivity index (χ3n) is 5.84. The summed E-state index contributed by atoms with van der Waals surface area (Å²) in [6.07, 6.45) is 0.779. The molecule has 0 N–H and O–H groups in total. The molecule has 4 aromatic carbocycles. The highest BCUT2D eigenvalue weighted by molar-refractivity contribution is 6.08. The van der Waals surface area contributed by atoms with Crippen molar-refractivity contribution >= 4 is 32.8 Å². The van der Waals surface area contributed by atoms with Crippen LogP contribution >= 0.6 is 0 Å². The Morgan fingerprint density at radius 2 is 1.17 bits per heavy atom. The zero-order valence-corrected chi connectivity index (χ0v) is 16.4. The van der Waals surface area contributed by atoms with Gasteiger partial charge >= 0.3 is 0 Å². The minimum absolute atomic E-state index is 0.0374. The van der Waals surface area contributed by atoms with E-state index in [1.165, 1.54) is 27.4 Å². The molecule has 6 aromatic rings. The average Bonchev–Trinajstić information content (AvgIpc) is 3.38. The molecule has 30 heavy (non-hydrogen) atoms. The van der Waals surface area contributed by atoms with Crippen LogP contribution in [-0.2, 0) is 6.42 Å². The molecule has 1 unspecified atom stereocenters. The zero-order valence-electron chi connectivity index (χ0n) is 16.4. The SMILES string of the molecule is c1ccc(CC(n2nnc3ccccc32)n2c3ccccc3c3ccccc32)cc1. The number of hydrogen-bond acceptors (Lipinski definition) is 2. The second-order valence-electron chi connectivity index (χ2n) is 7.60. The Morgan fingerprint density at radius 1 is 0.600 bits per heavy atom. The normalized spacial score (nSPS) is 12.7. The average molecular weight is 388 g/mol. The first kappa shape index (κ1) is 17.0. The molecule has 144 valence electrons. The third kappa shape index (κ3) is 2.61. The van der Waals surface area contributed by atoms with Crippen LogP contribution in [0.2, 0.25) is 0 Å². The van der Waals surface area contributed by atoms with Crippen LogP contribution in [0.3, 0.4) is 0 Å². The molecule has 0 saturated heterocycles. The van der Waals surface area contributed by atoms with E-state index in [1.54, 1.807) is 0 Å². The van der Waals surface area contributed by atoms with Gasteiger partial charge in [-0.1, -0.05) is 84.1 Å². The first-order chi connectivity index (χ1) is 14.9. The van der Waals surface area contributed by atoms with E-state index in [0.717, 1.165) is 17.5 Å². The summed E-state index contributed by atoms with van der Waals surface area (Å²) in [7, 11) is 0. The molecule has 0 amide bonds. The number of fused-ring (bicyclic) bond motifs is 4. The lowest BCUT2D eigenvalue weighted by atomic mass is 10.1. The summed E-state index contributed by atoms with van der Waals surface area (Å²) in [5, 5.41) is 11.6. The van der Waals surface area contributed by atoms with E-state index in [-0.39, 0.29) is 6.17 Å².